The van der Waals surface area contributed by atoms with Crippen LogP contribution in [-0.2, 0) is 16.1 Å². The second-order valence-electron chi connectivity index (χ2n) is 7.41. The zero-order chi connectivity index (χ0) is 22.7. The number of nitrogens with zero attached hydrogens (tertiary/aromatic N) is 3. The molecular weight excluding hydrogens is 413 g/mol. The topological polar surface area (TPSA) is 84.7 Å². The number of carbonyl (C=O) groups excluding carboxylic acids is 2. The zero-order valence-electron chi connectivity index (χ0n) is 17.4. The Bertz CT molecular complexity index is 1160. The van der Waals surface area contributed by atoms with Gasteiger partial charge in [-0.2, -0.15) is 0 Å². The molecule has 164 valence electrons. The van der Waals surface area contributed by atoms with Crippen LogP contribution in [0.25, 0.3) is 5.76 Å². The number of benzene rings is 2. The molecule has 3 aromatic rings. The summed E-state index contributed by atoms with van der Waals surface area (Å²) in [6, 6.07) is 12.1. The van der Waals surface area contributed by atoms with Crippen molar-refractivity contribution in [3.63, 3.8) is 0 Å². The van der Waals surface area contributed by atoms with E-state index in [1.54, 1.807) is 36.8 Å². The number of ketones is 1. The lowest BCUT2D eigenvalue weighted by Crippen LogP contribution is -2.31. The maximum atomic E-state index is 14.2. The van der Waals surface area contributed by atoms with Crippen LogP contribution in [-0.4, -0.2) is 44.9 Å². The Kier molecular flexibility index (Phi) is 6.02. The Labute approximate surface area is 184 Å². The smallest absolute Gasteiger partial charge is 0.295 e. The van der Waals surface area contributed by atoms with E-state index in [0.717, 1.165) is 6.07 Å². The Morgan fingerprint density at radius 3 is 2.59 bits per heavy atom. The number of hydrogen-bond acceptors (Lipinski definition) is 5. The molecule has 1 N–H and O–H groups in total. The molecule has 0 aliphatic carbocycles. The van der Waals surface area contributed by atoms with Crippen molar-refractivity contribution < 1.29 is 23.8 Å². The number of imidazole rings is 1. The molecule has 8 heteroatoms. The van der Waals surface area contributed by atoms with Gasteiger partial charge in [0.2, 0.25) is 0 Å². The highest BCUT2D eigenvalue weighted by atomic mass is 19.1. The molecule has 1 aliphatic rings. The lowest BCUT2D eigenvalue weighted by molar-refractivity contribution is -0.139. The summed E-state index contributed by atoms with van der Waals surface area (Å²) in [7, 11) is 1.34. The molecule has 0 unspecified atom stereocenters. The van der Waals surface area contributed by atoms with E-state index >= 15 is 0 Å². The molecule has 2 heterocycles. The highest BCUT2D eigenvalue weighted by molar-refractivity contribution is 6.46. The van der Waals surface area contributed by atoms with E-state index in [9.17, 15) is 19.1 Å². The predicted octanol–water partition coefficient (Wildman–Crippen LogP) is 3.54. The highest BCUT2D eigenvalue weighted by Crippen LogP contribution is 2.39. The fourth-order valence-electron chi connectivity index (χ4n) is 3.90. The molecule has 32 heavy (non-hydrogen) atoms. The minimum Gasteiger partial charge on any atom is -0.507 e. The monoisotopic (exact) mass is 435 g/mol. The number of aryl methyl sites for hydroxylation is 1. The quantitative estimate of drug-likeness (QED) is 0.349. The van der Waals surface area contributed by atoms with Gasteiger partial charge in [-0.25, -0.2) is 9.37 Å². The van der Waals surface area contributed by atoms with Crippen LogP contribution < -0.4 is 4.74 Å². The van der Waals surface area contributed by atoms with E-state index in [1.165, 1.54) is 24.1 Å². The minimum absolute atomic E-state index is 0.0149. The van der Waals surface area contributed by atoms with Gasteiger partial charge >= 0.3 is 0 Å². The van der Waals surface area contributed by atoms with Crippen LogP contribution >= 0.6 is 0 Å². The average molecular weight is 435 g/mol. The number of likely N-dealkylation sites (tertiary alicyclic amines) is 1. The Morgan fingerprint density at radius 1 is 1.16 bits per heavy atom. The molecule has 1 saturated heterocycles. The van der Waals surface area contributed by atoms with Gasteiger partial charge in [0, 0.05) is 31.0 Å². The Balaban J connectivity index is 1.72. The first-order chi connectivity index (χ1) is 15.5. The fraction of sp³-hybridized carbons (Fsp3) is 0.208. The van der Waals surface area contributed by atoms with Gasteiger partial charge in [-0.1, -0.05) is 30.3 Å². The summed E-state index contributed by atoms with van der Waals surface area (Å²) in [6.07, 6.45) is 5.76. The Morgan fingerprint density at radius 2 is 1.94 bits per heavy atom. The van der Waals surface area contributed by atoms with Gasteiger partial charge in [0.15, 0.2) is 11.6 Å². The number of halogens is 1. The van der Waals surface area contributed by atoms with Gasteiger partial charge in [-0.05, 0) is 30.2 Å². The number of methoxy groups -OCH3 is 1. The van der Waals surface area contributed by atoms with E-state index in [0.29, 0.717) is 25.1 Å². The van der Waals surface area contributed by atoms with E-state index in [-0.39, 0.29) is 16.9 Å². The van der Waals surface area contributed by atoms with Crippen LogP contribution in [0.3, 0.4) is 0 Å². The second-order valence-corrected chi connectivity index (χ2v) is 7.41. The van der Waals surface area contributed by atoms with Crippen LogP contribution in [0.1, 0.15) is 23.6 Å². The van der Waals surface area contributed by atoms with Gasteiger partial charge in [-0.15, -0.1) is 0 Å². The van der Waals surface area contributed by atoms with Gasteiger partial charge < -0.3 is 19.3 Å². The SMILES string of the molecule is COc1ccc(C(O)=C2C(=O)C(=O)N(CCCn3ccnc3)[C@@H]2c2ccccc2)cc1F. The van der Waals surface area contributed by atoms with Crippen molar-refractivity contribution in [3.8, 4) is 5.75 Å². The third-order valence-corrected chi connectivity index (χ3v) is 5.46. The number of hydrogen-bond donors (Lipinski definition) is 1. The molecule has 0 spiro atoms. The molecule has 1 aromatic heterocycles. The van der Waals surface area contributed by atoms with Gasteiger partial charge in [0.1, 0.15) is 5.76 Å². The third kappa shape index (κ3) is 3.99. The first kappa shape index (κ1) is 21.3. The van der Waals surface area contributed by atoms with Gasteiger partial charge in [0.05, 0.1) is 25.1 Å². The molecule has 1 fully saturated rings. The molecule has 1 atom stereocenters. The van der Waals surface area contributed by atoms with Crippen molar-refractivity contribution in [2.45, 2.75) is 19.0 Å². The summed E-state index contributed by atoms with van der Waals surface area (Å²) in [6.45, 7) is 0.921. The first-order valence-electron chi connectivity index (χ1n) is 10.1. The molecule has 4 rings (SSSR count). The lowest BCUT2D eigenvalue weighted by Gasteiger charge is -2.25. The number of aliphatic hydroxyl groups is 1. The summed E-state index contributed by atoms with van der Waals surface area (Å²) < 4.78 is 21.0. The summed E-state index contributed by atoms with van der Waals surface area (Å²) >= 11 is 0. The number of ether oxygens (including phenoxy) is 1. The molecule has 1 aliphatic heterocycles. The number of rotatable bonds is 7. The van der Waals surface area contributed by atoms with Crippen molar-refractivity contribution in [3.05, 3.63) is 89.8 Å². The minimum atomic E-state index is -0.796. The molecule has 0 bridgehead atoms. The van der Waals surface area contributed by atoms with Crippen molar-refractivity contribution in [1.82, 2.24) is 14.5 Å². The van der Waals surface area contributed by atoms with Crippen LogP contribution in [0.2, 0.25) is 0 Å². The standard InChI is InChI=1S/C24H22FN3O4/c1-32-19-9-8-17(14-18(19)25)22(29)20-21(16-6-3-2-4-7-16)28(24(31)23(20)30)12-5-11-27-13-10-26-15-27/h2-4,6-10,13-15,21,29H,5,11-12H2,1H3/t21-/m1/s1. The van der Waals surface area contributed by atoms with Crippen molar-refractivity contribution in [2.75, 3.05) is 13.7 Å². The Hall–Kier alpha value is -3.94. The third-order valence-electron chi connectivity index (χ3n) is 5.46. The number of aliphatic hydroxyl groups excluding tert-OH is 1. The van der Waals surface area contributed by atoms with E-state index in [1.807, 2.05) is 16.8 Å². The average Bonchev–Trinajstić information content (AvgIpc) is 3.41. The van der Waals surface area contributed by atoms with E-state index in [4.69, 9.17) is 4.74 Å². The van der Waals surface area contributed by atoms with Gasteiger partial charge in [0.25, 0.3) is 11.7 Å². The lowest BCUT2D eigenvalue weighted by atomic mass is 9.95. The zero-order valence-corrected chi connectivity index (χ0v) is 17.4. The summed E-state index contributed by atoms with van der Waals surface area (Å²) in [5, 5.41) is 11.0. The van der Waals surface area contributed by atoms with Crippen LogP contribution in [0.4, 0.5) is 4.39 Å². The molecular formula is C24H22FN3O4. The second kappa shape index (κ2) is 9.05. The molecule has 1 amide bonds. The number of carbonyl (C=O) groups is 2. The number of Topliss-reactive ketones (excluding diaryl/α,β-unsaturated/α-hetero) is 1. The molecule has 2 aromatic carbocycles. The summed E-state index contributed by atoms with van der Waals surface area (Å²) in [4.78, 5) is 31.3. The van der Waals surface area contributed by atoms with Crippen molar-refractivity contribution in [1.29, 1.82) is 0 Å². The van der Waals surface area contributed by atoms with E-state index < -0.39 is 29.3 Å². The van der Waals surface area contributed by atoms with Gasteiger partial charge in [-0.3, -0.25) is 9.59 Å². The van der Waals surface area contributed by atoms with Crippen LogP contribution in [0.5, 0.6) is 5.75 Å². The fourth-order valence-corrected chi connectivity index (χ4v) is 3.90. The summed E-state index contributed by atoms with van der Waals surface area (Å²) in [5.41, 5.74) is 0.721. The molecule has 0 radical (unpaired) electrons. The normalized spacial score (nSPS) is 17.7. The summed E-state index contributed by atoms with van der Waals surface area (Å²) in [5.74, 6) is -2.57. The highest BCUT2D eigenvalue weighted by Gasteiger charge is 2.45. The number of aromatic nitrogens is 2. The van der Waals surface area contributed by atoms with Crippen molar-refractivity contribution >= 4 is 17.4 Å². The largest absolute Gasteiger partial charge is 0.507 e. The number of amides is 1. The van der Waals surface area contributed by atoms with Crippen LogP contribution in [0, 0.1) is 5.82 Å². The molecule has 7 nitrogen and oxygen atoms in total. The predicted molar refractivity (Wildman–Crippen MR) is 115 cm³/mol. The molecule has 0 saturated carbocycles. The maximum absolute atomic E-state index is 14.2. The maximum Gasteiger partial charge on any atom is 0.295 e. The van der Waals surface area contributed by atoms with Crippen molar-refractivity contribution in [2.24, 2.45) is 0 Å². The first-order valence-corrected chi connectivity index (χ1v) is 10.1. The van der Waals surface area contributed by atoms with Crippen LogP contribution in [0.15, 0.2) is 72.8 Å². The van der Waals surface area contributed by atoms with E-state index in [2.05, 4.69) is 4.98 Å².